The van der Waals surface area contributed by atoms with E-state index in [4.69, 9.17) is 11.5 Å². The number of anilines is 2. The van der Waals surface area contributed by atoms with E-state index in [2.05, 4.69) is 10.3 Å². The predicted molar refractivity (Wildman–Crippen MR) is 55.9 cm³/mol. The summed E-state index contributed by atoms with van der Waals surface area (Å²) in [4.78, 5) is 14.9. The third-order valence-corrected chi connectivity index (χ3v) is 1.76. The number of nitrogens with zero attached hydrogens (tertiary/aromatic N) is 1. The van der Waals surface area contributed by atoms with Crippen LogP contribution >= 0.6 is 0 Å². The summed E-state index contributed by atoms with van der Waals surface area (Å²) >= 11 is 0. The Morgan fingerprint density at radius 2 is 2.36 bits per heavy atom. The van der Waals surface area contributed by atoms with Gasteiger partial charge in [0.1, 0.15) is 5.82 Å². The van der Waals surface area contributed by atoms with Gasteiger partial charge in [0.15, 0.2) is 0 Å². The Hall–Kier alpha value is -1.78. The maximum absolute atomic E-state index is 11.0. The summed E-state index contributed by atoms with van der Waals surface area (Å²) in [6.07, 6.45) is 2.48. The van der Waals surface area contributed by atoms with Crippen molar-refractivity contribution in [2.24, 2.45) is 5.73 Å². The second-order valence-corrected chi connectivity index (χ2v) is 2.95. The number of primary amides is 1. The van der Waals surface area contributed by atoms with E-state index in [-0.39, 0.29) is 0 Å². The molecule has 1 rings (SSSR count). The molecule has 5 nitrogen and oxygen atoms in total. The molecule has 0 spiro atoms. The molecule has 5 N–H and O–H groups in total. The van der Waals surface area contributed by atoms with Gasteiger partial charge in [-0.1, -0.05) is 6.92 Å². The van der Waals surface area contributed by atoms with Crippen LogP contribution in [0.3, 0.4) is 0 Å². The van der Waals surface area contributed by atoms with Gasteiger partial charge in [0.05, 0.1) is 17.4 Å². The van der Waals surface area contributed by atoms with Crippen molar-refractivity contribution in [2.75, 3.05) is 17.6 Å². The van der Waals surface area contributed by atoms with Crippen LogP contribution in [0.1, 0.15) is 23.7 Å². The number of aromatic nitrogens is 1. The van der Waals surface area contributed by atoms with Gasteiger partial charge in [0.2, 0.25) is 0 Å². The Morgan fingerprint density at radius 3 is 2.93 bits per heavy atom. The molecule has 0 radical (unpaired) electrons. The quantitative estimate of drug-likeness (QED) is 0.653. The Balaban J connectivity index is 2.96. The first-order valence-corrected chi connectivity index (χ1v) is 4.44. The summed E-state index contributed by atoms with van der Waals surface area (Å²) in [5.74, 6) is -0.210. The number of pyridine rings is 1. The zero-order valence-corrected chi connectivity index (χ0v) is 8.08. The van der Waals surface area contributed by atoms with Gasteiger partial charge in [-0.25, -0.2) is 4.98 Å². The summed E-state index contributed by atoms with van der Waals surface area (Å²) in [6, 6.07) is 1.47. The van der Waals surface area contributed by atoms with E-state index in [1.165, 1.54) is 12.3 Å². The molecule has 1 aromatic heterocycles. The summed E-state index contributed by atoms with van der Waals surface area (Å²) in [6.45, 7) is 2.80. The average molecular weight is 194 g/mol. The summed E-state index contributed by atoms with van der Waals surface area (Å²) < 4.78 is 0. The Bertz CT molecular complexity index is 338. The lowest BCUT2D eigenvalue weighted by atomic mass is 10.2. The predicted octanol–water partition coefficient (Wildman–Crippen LogP) is 0.585. The minimum atomic E-state index is -0.502. The third kappa shape index (κ3) is 2.35. The van der Waals surface area contributed by atoms with Crippen molar-refractivity contribution in [1.29, 1.82) is 0 Å². The zero-order valence-electron chi connectivity index (χ0n) is 8.08. The van der Waals surface area contributed by atoms with Crippen molar-refractivity contribution in [2.45, 2.75) is 13.3 Å². The number of hydrogen-bond donors (Lipinski definition) is 3. The minimum Gasteiger partial charge on any atom is -0.384 e. The molecule has 0 fully saturated rings. The highest BCUT2D eigenvalue weighted by Crippen LogP contribution is 2.15. The molecule has 0 saturated heterocycles. The number of rotatable bonds is 4. The second kappa shape index (κ2) is 4.45. The van der Waals surface area contributed by atoms with E-state index in [0.29, 0.717) is 17.1 Å². The van der Waals surface area contributed by atoms with Crippen LogP contribution in [0.5, 0.6) is 0 Å². The van der Waals surface area contributed by atoms with Crippen molar-refractivity contribution in [3.8, 4) is 0 Å². The van der Waals surface area contributed by atoms with Gasteiger partial charge in [-0.2, -0.15) is 0 Å². The van der Waals surface area contributed by atoms with Crippen LogP contribution in [0, 0.1) is 0 Å². The van der Waals surface area contributed by atoms with Crippen molar-refractivity contribution in [1.82, 2.24) is 4.98 Å². The third-order valence-electron chi connectivity index (χ3n) is 1.76. The van der Waals surface area contributed by atoms with Crippen LogP contribution < -0.4 is 16.8 Å². The van der Waals surface area contributed by atoms with Gasteiger partial charge in [0, 0.05) is 6.54 Å². The number of nitrogens with two attached hydrogens (primary N) is 2. The lowest BCUT2D eigenvalue weighted by molar-refractivity contribution is 0.100. The number of hydrogen-bond acceptors (Lipinski definition) is 4. The maximum atomic E-state index is 11.0. The second-order valence-electron chi connectivity index (χ2n) is 2.95. The van der Waals surface area contributed by atoms with Crippen molar-refractivity contribution in [3.05, 3.63) is 17.8 Å². The van der Waals surface area contributed by atoms with Gasteiger partial charge < -0.3 is 16.8 Å². The summed E-state index contributed by atoms with van der Waals surface area (Å²) in [7, 11) is 0. The molecule has 0 aliphatic rings. The fourth-order valence-corrected chi connectivity index (χ4v) is 1.08. The van der Waals surface area contributed by atoms with E-state index in [0.717, 1.165) is 13.0 Å². The zero-order chi connectivity index (χ0) is 10.6. The minimum absolute atomic E-state index is 0.292. The van der Waals surface area contributed by atoms with Crippen LogP contribution in [0.4, 0.5) is 11.5 Å². The van der Waals surface area contributed by atoms with Crippen LogP contribution in [0.15, 0.2) is 12.3 Å². The topological polar surface area (TPSA) is 94.0 Å². The first-order chi connectivity index (χ1) is 6.65. The van der Waals surface area contributed by atoms with Crippen LogP contribution in [0.25, 0.3) is 0 Å². The van der Waals surface area contributed by atoms with Gasteiger partial charge in [0.25, 0.3) is 5.91 Å². The number of carbonyl (C=O) groups is 1. The molecular weight excluding hydrogens is 180 g/mol. The first-order valence-electron chi connectivity index (χ1n) is 4.44. The highest BCUT2D eigenvalue weighted by molar-refractivity contribution is 5.98. The molecule has 5 heteroatoms. The number of nitrogens with one attached hydrogen (secondary N) is 1. The SMILES string of the molecule is CCCNc1cnc(N)cc1C(N)=O. The number of amides is 1. The molecule has 0 aromatic carbocycles. The van der Waals surface area contributed by atoms with Crippen LogP contribution in [-0.2, 0) is 0 Å². The normalized spacial score (nSPS) is 9.79. The van der Waals surface area contributed by atoms with Gasteiger partial charge in [-0.05, 0) is 12.5 Å². The molecule has 76 valence electrons. The molecular formula is C9H14N4O. The van der Waals surface area contributed by atoms with E-state index in [9.17, 15) is 4.79 Å². The summed E-state index contributed by atoms with van der Waals surface area (Å²) in [5, 5.41) is 3.05. The number of nitrogen functional groups attached to an aromatic ring is 1. The fourth-order valence-electron chi connectivity index (χ4n) is 1.08. The Labute approximate surface area is 82.5 Å². The average Bonchev–Trinajstić information content (AvgIpc) is 2.15. The lowest BCUT2D eigenvalue weighted by Gasteiger charge is -2.08. The lowest BCUT2D eigenvalue weighted by Crippen LogP contribution is -2.15. The van der Waals surface area contributed by atoms with Crippen molar-refractivity contribution >= 4 is 17.4 Å². The molecule has 1 amide bonds. The molecule has 1 aromatic rings. The molecule has 0 atom stereocenters. The van der Waals surface area contributed by atoms with E-state index in [1.54, 1.807) is 0 Å². The molecule has 0 aliphatic carbocycles. The van der Waals surface area contributed by atoms with E-state index in [1.807, 2.05) is 6.92 Å². The van der Waals surface area contributed by atoms with E-state index >= 15 is 0 Å². The standard InChI is InChI=1S/C9H14N4O/c1-2-3-12-7-5-13-8(10)4-6(7)9(11)14/h4-5,12H,2-3H2,1H3,(H2,10,13)(H2,11,14). The molecule has 0 bridgehead atoms. The van der Waals surface area contributed by atoms with Gasteiger partial charge in [-0.15, -0.1) is 0 Å². The largest absolute Gasteiger partial charge is 0.384 e. The maximum Gasteiger partial charge on any atom is 0.250 e. The van der Waals surface area contributed by atoms with Crippen molar-refractivity contribution < 1.29 is 4.79 Å². The molecule has 1 heterocycles. The smallest absolute Gasteiger partial charge is 0.250 e. The fraction of sp³-hybridized carbons (Fsp3) is 0.333. The van der Waals surface area contributed by atoms with Gasteiger partial charge >= 0.3 is 0 Å². The molecule has 14 heavy (non-hydrogen) atoms. The van der Waals surface area contributed by atoms with Crippen molar-refractivity contribution in [3.63, 3.8) is 0 Å². The first kappa shape index (κ1) is 10.3. The molecule has 0 unspecified atom stereocenters. The highest BCUT2D eigenvalue weighted by Gasteiger charge is 2.08. The summed E-state index contributed by atoms with van der Waals surface area (Å²) in [5.41, 5.74) is 11.7. The highest BCUT2D eigenvalue weighted by atomic mass is 16.1. The van der Waals surface area contributed by atoms with Crippen LogP contribution in [0.2, 0.25) is 0 Å². The number of carbonyl (C=O) groups excluding carboxylic acids is 1. The molecule has 0 aliphatic heterocycles. The Morgan fingerprint density at radius 1 is 1.64 bits per heavy atom. The van der Waals surface area contributed by atoms with Crippen LogP contribution in [-0.4, -0.2) is 17.4 Å². The Kier molecular flexibility index (Phi) is 3.28. The molecule has 0 saturated carbocycles. The van der Waals surface area contributed by atoms with Gasteiger partial charge in [-0.3, -0.25) is 4.79 Å². The van der Waals surface area contributed by atoms with E-state index < -0.39 is 5.91 Å². The monoisotopic (exact) mass is 194 g/mol.